The molecular weight excluding hydrogens is 308 g/mol. The third-order valence-corrected chi connectivity index (χ3v) is 3.78. The number of hydrogen-bond donors (Lipinski definition) is 1. The van der Waals surface area contributed by atoms with E-state index in [2.05, 4.69) is 21.0 Å². The highest BCUT2D eigenvalue weighted by molar-refractivity contribution is 9.10. The zero-order valence-corrected chi connectivity index (χ0v) is 12.4. The van der Waals surface area contributed by atoms with Gasteiger partial charge in [0.2, 0.25) is 0 Å². The molecule has 1 N–H and O–H groups in total. The Labute approximate surface area is 120 Å². The maximum absolute atomic E-state index is 10.7. The number of nitrogens with zero attached hydrogens (tertiary/aromatic N) is 2. The average molecular weight is 323 g/mol. The minimum atomic E-state index is -0.785. The Kier molecular flexibility index (Phi) is 4.04. The minimum absolute atomic E-state index is 0.128. The van der Waals surface area contributed by atoms with E-state index in [1.54, 1.807) is 0 Å². The normalized spacial score (nSPS) is 10.7. The second-order valence-electron chi connectivity index (χ2n) is 4.41. The number of carbonyl (C=O) groups is 1. The Hall–Kier alpha value is -1.62. The van der Waals surface area contributed by atoms with Crippen molar-refractivity contribution in [1.29, 1.82) is 0 Å². The van der Waals surface area contributed by atoms with Crippen LogP contribution in [0.25, 0.3) is 5.69 Å². The van der Waals surface area contributed by atoms with Crippen LogP contribution in [0.15, 0.2) is 28.7 Å². The molecule has 2 rings (SSSR count). The first kappa shape index (κ1) is 13.8. The number of benzene rings is 1. The number of halogens is 1. The Bertz CT molecular complexity index is 620. The molecule has 100 valence electrons. The summed E-state index contributed by atoms with van der Waals surface area (Å²) in [5.41, 5.74) is 3.85. The van der Waals surface area contributed by atoms with Gasteiger partial charge >= 0.3 is 5.97 Å². The Morgan fingerprint density at radius 1 is 1.37 bits per heavy atom. The van der Waals surface area contributed by atoms with Gasteiger partial charge in [0, 0.05) is 16.6 Å². The summed E-state index contributed by atoms with van der Waals surface area (Å²) in [4.78, 5) is 10.7. The first-order valence-corrected chi connectivity index (χ1v) is 6.81. The van der Waals surface area contributed by atoms with E-state index in [0.717, 1.165) is 27.1 Å². The molecule has 0 bridgehead atoms. The van der Waals surface area contributed by atoms with Crippen LogP contribution in [0.1, 0.15) is 23.4 Å². The largest absolute Gasteiger partial charge is 0.481 e. The maximum atomic E-state index is 10.7. The molecule has 0 aliphatic carbocycles. The van der Waals surface area contributed by atoms with Crippen LogP contribution in [0.5, 0.6) is 0 Å². The van der Waals surface area contributed by atoms with E-state index in [-0.39, 0.29) is 6.42 Å². The van der Waals surface area contributed by atoms with E-state index >= 15 is 0 Å². The van der Waals surface area contributed by atoms with Gasteiger partial charge in [-0.25, -0.2) is 4.68 Å². The van der Waals surface area contributed by atoms with Gasteiger partial charge in [0.1, 0.15) is 0 Å². The second-order valence-corrected chi connectivity index (χ2v) is 5.26. The molecule has 0 spiro atoms. The third-order valence-electron chi connectivity index (χ3n) is 3.11. The number of carboxylic acid groups (broad SMARTS) is 1. The van der Waals surface area contributed by atoms with E-state index < -0.39 is 5.97 Å². The third kappa shape index (κ3) is 2.87. The number of rotatable bonds is 4. The molecule has 2 aromatic rings. The lowest BCUT2D eigenvalue weighted by Crippen LogP contribution is -2.02. The van der Waals surface area contributed by atoms with Gasteiger partial charge in [0.15, 0.2) is 0 Å². The van der Waals surface area contributed by atoms with Crippen molar-refractivity contribution in [2.75, 3.05) is 0 Å². The molecule has 1 aromatic carbocycles. The van der Waals surface area contributed by atoms with Gasteiger partial charge in [-0.2, -0.15) is 5.10 Å². The van der Waals surface area contributed by atoms with Gasteiger partial charge in [-0.3, -0.25) is 4.79 Å². The summed E-state index contributed by atoms with van der Waals surface area (Å²) in [5.74, 6) is -0.785. The zero-order chi connectivity index (χ0) is 14.0. The molecular formula is C14H15BrN2O2. The molecule has 0 radical (unpaired) electrons. The summed E-state index contributed by atoms with van der Waals surface area (Å²) in [7, 11) is 0. The van der Waals surface area contributed by atoms with E-state index in [0.29, 0.717) is 6.42 Å². The fraction of sp³-hybridized carbons (Fsp3) is 0.286. The molecule has 0 aliphatic heterocycles. The van der Waals surface area contributed by atoms with Crippen LogP contribution < -0.4 is 0 Å². The van der Waals surface area contributed by atoms with E-state index in [1.165, 1.54) is 0 Å². The van der Waals surface area contributed by atoms with E-state index in [9.17, 15) is 4.79 Å². The number of aryl methyl sites for hydroxylation is 1. The first-order chi connectivity index (χ1) is 9.00. The van der Waals surface area contributed by atoms with Crippen molar-refractivity contribution in [2.45, 2.75) is 26.7 Å². The van der Waals surface area contributed by atoms with Crippen molar-refractivity contribution in [2.24, 2.45) is 0 Å². The van der Waals surface area contributed by atoms with Crippen molar-refractivity contribution in [3.05, 3.63) is 45.7 Å². The lowest BCUT2D eigenvalue weighted by Gasteiger charge is -2.07. The van der Waals surface area contributed by atoms with Crippen LogP contribution >= 0.6 is 15.9 Å². The molecule has 0 unspecified atom stereocenters. The van der Waals surface area contributed by atoms with Gasteiger partial charge < -0.3 is 5.11 Å². The van der Waals surface area contributed by atoms with Crippen LogP contribution in [0.4, 0.5) is 0 Å². The summed E-state index contributed by atoms with van der Waals surface area (Å²) in [6.45, 7) is 3.88. The molecule has 0 saturated carbocycles. The molecule has 0 saturated heterocycles. The van der Waals surface area contributed by atoms with Gasteiger partial charge in [-0.1, -0.05) is 12.1 Å². The molecule has 0 aliphatic rings. The first-order valence-electron chi connectivity index (χ1n) is 6.02. The molecule has 1 aromatic heterocycles. The number of carboxylic acids is 1. The second kappa shape index (κ2) is 5.57. The van der Waals surface area contributed by atoms with Crippen LogP contribution in [-0.2, 0) is 11.2 Å². The number of aromatic nitrogens is 2. The quantitative estimate of drug-likeness (QED) is 0.939. The Morgan fingerprint density at radius 3 is 2.68 bits per heavy atom. The highest BCUT2D eigenvalue weighted by Gasteiger charge is 2.14. The molecule has 0 fully saturated rings. The summed E-state index contributed by atoms with van der Waals surface area (Å²) in [6.07, 6.45) is 0.640. The van der Waals surface area contributed by atoms with E-state index in [4.69, 9.17) is 5.11 Å². The lowest BCUT2D eigenvalue weighted by molar-refractivity contribution is -0.136. The highest BCUT2D eigenvalue weighted by Crippen LogP contribution is 2.24. The van der Waals surface area contributed by atoms with Crippen molar-refractivity contribution >= 4 is 21.9 Å². The van der Waals surface area contributed by atoms with E-state index in [1.807, 2.05) is 42.8 Å². The number of aliphatic carboxylic acids is 1. The molecule has 1 heterocycles. The Morgan fingerprint density at radius 2 is 2.05 bits per heavy atom. The Balaban J connectivity index is 2.41. The summed E-state index contributed by atoms with van der Waals surface area (Å²) in [5, 5.41) is 13.3. The smallest absolute Gasteiger partial charge is 0.303 e. The fourth-order valence-electron chi connectivity index (χ4n) is 2.13. The highest BCUT2D eigenvalue weighted by atomic mass is 79.9. The number of hydrogen-bond acceptors (Lipinski definition) is 2. The standard InChI is InChI=1S/C14H15BrN2O2/c1-9-11(7-8-14(18)19)10(2)17(16-9)13-6-4-3-5-12(13)15/h3-6H,7-8H2,1-2H3,(H,18,19). The molecule has 5 heteroatoms. The summed E-state index contributed by atoms with van der Waals surface area (Å²) in [6, 6.07) is 7.84. The summed E-state index contributed by atoms with van der Waals surface area (Å²) < 4.78 is 2.82. The predicted molar refractivity (Wildman–Crippen MR) is 76.7 cm³/mol. The molecule has 4 nitrogen and oxygen atoms in total. The van der Waals surface area contributed by atoms with Crippen molar-refractivity contribution in [3.63, 3.8) is 0 Å². The van der Waals surface area contributed by atoms with Gasteiger partial charge in [-0.15, -0.1) is 0 Å². The van der Waals surface area contributed by atoms with Crippen LogP contribution in [-0.4, -0.2) is 20.9 Å². The lowest BCUT2D eigenvalue weighted by atomic mass is 10.1. The van der Waals surface area contributed by atoms with Crippen LogP contribution in [0.3, 0.4) is 0 Å². The van der Waals surface area contributed by atoms with Crippen LogP contribution in [0.2, 0.25) is 0 Å². The van der Waals surface area contributed by atoms with Crippen molar-refractivity contribution in [1.82, 2.24) is 9.78 Å². The SMILES string of the molecule is Cc1nn(-c2ccccc2Br)c(C)c1CCC(=O)O. The fourth-order valence-corrected chi connectivity index (χ4v) is 2.58. The van der Waals surface area contributed by atoms with Gasteiger partial charge in [-0.05, 0) is 53.9 Å². The maximum Gasteiger partial charge on any atom is 0.303 e. The molecule has 0 amide bonds. The monoisotopic (exact) mass is 322 g/mol. The van der Waals surface area contributed by atoms with Crippen molar-refractivity contribution in [3.8, 4) is 5.69 Å². The topological polar surface area (TPSA) is 55.1 Å². The van der Waals surface area contributed by atoms with Gasteiger partial charge in [0.25, 0.3) is 0 Å². The van der Waals surface area contributed by atoms with Crippen molar-refractivity contribution < 1.29 is 9.90 Å². The summed E-state index contributed by atoms with van der Waals surface area (Å²) >= 11 is 3.51. The zero-order valence-electron chi connectivity index (χ0n) is 10.9. The minimum Gasteiger partial charge on any atom is -0.481 e. The molecule has 19 heavy (non-hydrogen) atoms. The average Bonchev–Trinajstić information content (AvgIpc) is 2.63. The molecule has 0 atom stereocenters. The predicted octanol–water partition coefficient (Wildman–Crippen LogP) is 3.27. The van der Waals surface area contributed by atoms with Crippen LogP contribution in [0, 0.1) is 13.8 Å². The van der Waals surface area contributed by atoms with Gasteiger partial charge in [0.05, 0.1) is 11.4 Å². The number of para-hydroxylation sites is 1.